The van der Waals surface area contributed by atoms with Crippen LogP contribution in [0.2, 0.25) is 0 Å². The molecule has 14 heavy (non-hydrogen) atoms. The number of hydroxylamine groups is 1. The average molecular weight is 195 g/mol. The molecule has 0 aliphatic rings. The number of hydrogen-bond acceptors (Lipinski definition) is 4. The van der Waals surface area contributed by atoms with E-state index < -0.39 is 13.0 Å². The van der Waals surface area contributed by atoms with Gasteiger partial charge in [0.15, 0.2) is 0 Å². The quantitative estimate of drug-likeness (QED) is 0.411. The van der Waals surface area contributed by atoms with Crippen LogP contribution in [0.5, 0.6) is 0 Å². The van der Waals surface area contributed by atoms with Crippen LogP contribution in [0.1, 0.15) is 10.4 Å². The summed E-state index contributed by atoms with van der Waals surface area (Å²) >= 11 is 0. The predicted octanol–water partition coefficient (Wildman–Crippen LogP) is -1.34. The largest absolute Gasteiger partial charge is 0.489 e. The summed E-state index contributed by atoms with van der Waals surface area (Å²) in [5.74, 6) is -0.517. The molecule has 1 aromatic rings. The van der Waals surface area contributed by atoms with Crippen LogP contribution < -0.4 is 10.9 Å². The smallest absolute Gasteiger partial charge is 0.423 e. The molecule has 3 N–H and O–H groups in total. The van der Waals surface area contributed by atoms with Crippen LogP contribution in [-0.4, -0.2) is 30.2 Å². The molecule has 0 atom stereocenters. The zero-order valence-corrected chi connectivity index (χ0v) is 7.60. The van der Waals surface area contributed by atoms with Gasteiger partial charge in [0, 0.05) is 5.56 Å². The van der Waals surface area contributed by atoms with Crippen LogP contribution in [0.4, 0.5) is 0 Å². The van der Waals surface area contributed by atoms with Gasteiger partial charge in [-0.05, 0) is 11.5 Å². The molecule has 0 saturated carbocycles. The number of carbonyl (C=O) groups is 1. The first-order valence-electron chi connectivity index (χ1n) is 3.95. The van der Waals surface area contributed by atoms with E-state index in [4.69, 9.17) is 10.0 Å². The lowest BCUT2D eigenvalue weighted by Crippen LogP contribution is -2.37. The van der Waals surface area contributed by atoms with Gasteiger partial charge in [0.2, 0.25) is 0 Å². The van der Waals surface area contributed by atoms with Crippen LogP contribution >= 0.6 is 0 Å². The molecule has 0 bridgehead atoms. The van der Waals surface area contributed by atoms with E-state index in [2.05, 4.69) is 10.3 Å². The van der Waals surface area contributed by atoms with Crippen molar-refractivity contribution in [3.63, 3.8) is 0 Å². The van der Waals surface area contributed by atoms with Gasteiger partial charge in [0.25, 0.3) is 5.91 Å². The predicted molar refractivity (Wildman–Crippen MR) is 50.7 cm³/mol. The fourth-order valence-corrected chi connectivity index (χ4v) is 1.08. The molecule has 0 aliphatic carbocycles. The Morgan fingerprint density at radius 2 is 2.07 bits per heavy atom. The third-order valence-electron chi connectivity index (χ3n) is 1.68. The molecule has 0 saturated heterocycles. The fraction of sp³-hybridized carbons (Fsp3) is 0.125. The Kier molecular flexibility index (Phi) is 3.64. The van der Waals surface area contributed by atoms with Crippen LogP contribution in [0, 0.1) is 0 Å². The second kappa shape index (κ2) is 4.76. The molecule has 5 nitrogen and oxygen atoms in total. The molecule has 1 amide bonds. The van der Waals surface area contributed by atoms with Crippen molar-refractivity contribution in [3.05, 3.63) is 29.8 Å². The lowest BCUT2D eigenvalue weighted by molar-refractivity contribution is 0.0538. The molecule has 74 valence electrons. The van der Waals surface area contributed by atoms with Crippen molar-refractivity contribution in [1.82, 2.24) is 5.48 Å². The molecule has 0 aromatic heterocycles. The molecule has 0 radical (unpaired) electrons. The van der Waals surface area contributed by atoms with E-state index >= 15 is 0 Å². The minimum absolute atomic E-state index is 0.141. The first kappa shape index (κ1) is 10.7. The van der Waals surface area contributed by atoms with Gasteiger partial charge in [-0.1, -0.05) is 18.2 Å². The van der Waals surface area contributed by atoms with Crippen LogP contribution in [0.3, 0.4) is 0 Å². The number of nitrogens with one attached hydrogen (secondary N) is 1. The highest BCUT2D eigenvalue weighted by Crippen LogP contribution is 1.96. The van der Waals surface area contributed by atoms with Gasteiger partial charge in [-0.15, -0.1) is 0 Å². The number of rotatable bonds is 3. The van der Waals surface area contributed by atoms with E-state index in [0.717, 1.165) is 0 Å². The zero-order valence-electron chi connectivity index (χ0n) is 7.60. The number of benzene rings is 1. The monoisotopic (exact) mass is 195 g/mol. The lowest BCUT2D eigenvalue weighted by atomic mass is 9.77. The van der Waals surface area contributed by atoms with Crippen molar-refractivity contribution < 1.29 is 19.7 Å². The van der Waals surface area contributed by atoms with Crippen molar-refractivity contribution in [1.29, 1.82) is 0 Å². The molecule has 1 rings (SSSR count). The summed E-state index contributed by atoms with van der Waals surface area (Å²) in [6, 6.07) is 6.16. The second-order valence-corrected chi connectivity index (χ2v) is 2.60. The van der Waals surface area contributed by atoms with Crippen molar-refractivity contribution in [2.75, 3.05) is 7.11 Å². The van der Waals surface area contributed by atoms with Crippen LogP contribution in [0.25, 0.3) is 0 Å². The maximum Gasteiger partial charge on any atom is 0.489 e. The normalized spacial score (nSPS) is 9.64. The van der Waals surface area contributed by atoms with Gasteiger partial charge in [-0.2, -0.15) is 0 Å². The van der Waals surface area contributed by atoms with Gasteiger partial charge in [0.1, 0.15) is 0 Å². The topological polar surface area (TPSA) is 78.8 Å². The highest BCUT2D eigenvalue weighted by molar-refractivity contribution is 6.60. The van der Waals surface area contributed by atoms with Crippen molar-refractivity contribution in [2.45, 2.75) is 0 Å². The Labute approximate surface area is 81.4 Å². The summed E-state index contributed by atoms with van der Waals surface area (Å²) in [6.07, 6.45) is 0. The SMILES string of the molecule is CONC(=O)c1ccccc1B(O)O. The third kappa shape index (κ3) is 2.32. The molecule has 6 heteroatoms. The number of amides is 1. The molecule has 1 aromatic carbocycles. The molecule has 0 spiro atoms. The molecular formula is C8H10BNO4. The van der Waals surface area contributed by atoms with Gasteiger partial charge in [0.05, 0.1) is 7.11 Å². The van der Waals surface area contributed by atoms with Crippen molar-refractivity contribution >= 4 is 18.5 Å². The van der Waals surface area contributed by atoms with E-state index in [1.165, 1.54) is 19.2 Å². The van der Waals surface area contributed by atoms with E-state index in [9.17, 15) is 4.79 Å². The minimum Gasteiger partial charge on any atom is -0.423 e. The number of hydrogen-bond donors (Lipinski definition) is 3. The van der Waals surface area contributed by atoms with Gasteiger partial charge >= 0.3 is 7.12 Å². The van der Waals surface area contributed by atoms with Crippen LogP contribution in [0.15, 0.2) is 24.3 Å². The Bertz CT molecular complexity index is 329. The van der Waals surface area contributed by atoms with Gasteiger partial charge < -0.3 is 10.0 Å². The summed E-state index contributed by atoms with van der Waals surface area (Å²) in [5.41, 5.74) is 2.41. The number of carbonyl (C=O) groups excluding carboxylic acids is 1. The molecule has 0 aliphatic heterocycles. The van der Waals surface area contributed by atoms with Gasteiger partial charge in [-0.25, -0.2) is 5.48 Å². The van der Waals surface area contributed by atoms with Gasteiger partial charge in [-0.3, -0.25) is 9.63 Å². The van der Waals surface area contributed by atoms with Crippen molar-refractivity contribution in [2.24, 2.45) is 0 Å². The Balaban J connectivity index is 3.00. The summed E-state index contributed by atoms with van der Waals surface area (Å²) in [7, 11) is -0.371. The molecule has 0 heterocycles. The average Bonchev–Trinajstić information content (AvgIpc) is 2.18. The minimum atomic E-state index is -1.67. The van der Waals surface area contributed by atoms with Crippen LogP contribution in [-0.2, 0) is 4.84 Å². The first-order valence-corrected chi connectivity index (χ1v) is 3.95. The highest BCUT2D eigenvalue weighted by atomic mass is 16.6. The third-order valence-corrected chi connectivity index (χ3v) is 1.68. The second-order valence-electron chi connectivity index (χ2n) is 2.60. The van der Waals surface area contributed by atoms with E-state index in [1.54, 1.807) is 12.1 Å². The van der Waals surface area contributed by atoms with E-state index in [-0.39, 0.29) is 11.0 Å². The summed E-state index contributed by atoms with van der Waals surface area (Å²) < 4.78 is 0. The summed E-state index contributed by atoms with van der Waals surface area (Å²) in [6.45, 7) is 0. The lowest BCUT2D eigenvalue weighted by Gasteiger charge is -2.07. The fourth-order valence-electron chi connectivity index (χ4n) is 1.08. The first-order chi connectivity index (χ1) is 6.66. The Morgan fingerprint density at radius 1 is 1.43 bits per heavy atom. The Hall–Kier alpha value is -1.37. The Morgan fingerprint density at radius 3 is 2.64 bits per heavy atom. The standard InChI is InChI=1S/C8H10BNO4/c1-14-10-8(11)6-4-2-3-5-7(6)9(12)13/h2-5,12-13H,1H3,(H,10,11). The van der Waals surface area contributed by atoms with Crippen molar-refractivity contribution in [3.8, 4) is 0 Å². The summed E-state index contributed by atoms with van der Waals surface area (Å²) in [4.78, 5) is 15.7. The molecular weight excluding hydrogens is 185 g/mol. The molecule has 0 fully saturated rings. The van der Waals surface area contributed by atoms with E-state index in [0.29, 0.717) is 0 Å². The van der Waals surface area contributed by atoms with E-state index in [1.807, 2.05) is 0 Å². The summed E-state index contributed by atoms with van der Waals surface area (Å²) in [5, 5.41) is 17.9. The highest BCUT2D eigenvalue weighted by Gasteiger charge is 2.19. The zero-order chi connectivity index (χ0) is 10.6. The maximum absolute atomic E-state index is 11.3. The maximum atomic E-state index is 11.3. The molecule has 0 unspecified atom stereocenters.